The van der Waals surface area contributed by atoms with Gasteiger partial charge in [0, 0.05) is 16.8 Å². The standard InChI is InChI=1S/C26H19N3O10S3/c27-24-21(42(36,37)38)13-19(22-23(24)26(31)17-9-5-4-8-16(17)25(22)30)28-14-10-11-18(20(12-14)41(33,34)35)29-40(32)39-15-6-2-1-3-7-15/h1-13,28-29H,27H2,(H,33,34,35)(H,36,37,38). The van der Waals surface area contributed by atoms with E-state index in [1.807, 2.05) is 0 Å². The zero-order valence-corrected chi connectivity index (χ0v) is 23.4. The Balaban J connectivity index is 1.59. The molecular formula is C26H19N3O10S3. The lowest BCUT2D eigenvalue weighted by Gasteiger charge is -2.23. The molecule has 5 rings (SSSR count). The molecule has 4 aromatic carbocycles. The first kappa shape index (κ1) is 28.9. The number of para-hydroxylation sites is 1. The van der Waals surface area contributed by atoms with E-state index in [-0.39, 0.29) is 39.5 Å². The molecule has 0 amide bonds. The minimum absolute atomic E-state index is 0.0103. The first-order valence-corrected chi connectivity index (χ1v) is 15.6. The van der Waals surface area contributed by atoms with Crippen molar-refractivity contribution >= 4 is 65.8 Å². The first-order valence-electron chi connectivity index (χ1n) is 11.7. The summed E-state index contributed by atoms with van der Waals surface area (Å²) in [6, 6.07) is 17.8. The second-order valence-electron chi connectivity index (χ2n) is 8.81. The quantitative estimate of drug-likeness (QED) is 0.123. The summed E-state index contributed by atoms with van der Waals surface area (Å²) >= 11 is -2.30. The molecule has 1 unspecified atom stereocenters. The molecule has 13 nitrogen and oxygen atoms in total. The Morgan fingerprint density at radius 3 is 1.88 bits per heavy atom. The summed E-state index contributed by atoms with van der Waals surface area (Å²) in [6.07, 6.45) is 0. The molecule has 16 heteroatoms. The van der Waals surface area contributed by atoms with E-state index >= 15 is 0 Å². The van der Waals surface area contributed by atoms with Gasteiger partial charge in [-0.25, -0.2) is 0 Å². The van der Waals surface area contributed by atoms with Crippen molar-refractivity contribution in [2.45, 2.75) is 9.79 Å². The molecule has 0 aliphatic heterocycles. The van der Waals surface area contributed by atoms with Gasteiger partial charge in [0.25, 0.3) is 20.2 Å². The van der Waals surface area contributed by atoms with Gasteiger partial charge in [0.2, 0.25) is 0 Å². The highest BCUT2D eigenvalue weighted by Crippen LogP contribution is 2.40. The molecule has 216 valence electrons. The van der Waals surface area contributed by atoms with Crippen LogP contribution in [0.4, 0.5) is 22.7 Å². The zero-order valence-electron chi connectivity index (χ0n) is 21.0. The lowest BCUT2D eigenvalue weighted by molar-refractivity contribution is 0.0980. The molecule has 0 spiro atoms. The second kappa shape index (κ2) is 10.7. The van der Waals surface area contributed by atoms with Gasteiger partial charge in [0.1, 0.15) is 15.5 Å². The van der Waals surface area contributed by atoms with Crippen molar-refractivity contribution in [2.75, 3.05) is 15.8 Å². The number of carbonyl (C=O) groups excluding carboxylic acids is 2. The molecule has 1 aliphatic rings. The van der Waals surface area contributed by atoms with E-state index in [1.54, 1.807) is 18.2 Å². The van der Waals surface area contributed by atoms with Crippen molar-refractivity contribution in [1.82, 2.24) is 0 Å². The maximum atomic E-state index is 13.5. The Bertz CT molecular complexity index is 2030. The van der Waals surface area contributed by atoms with E-state index in [9.17, 15) is 39.7 Å². The maximum absolute atomic E-state index is 13.5. The number of carbonyl (C=O) groups is 2. The number of ketones is 2. The minimum Gasteiger partial charge on any atom is -0.397 e. The van der Waals surface area contributed by atoms with Crippen LogP contribution in [-0.2, 0) is 31.5 Å². The summed E-state index contributed by atoms with van der Waals surface area (Å²) in [6.45, 7) is 0. The van der Waals surface area contributed by atoms with E-state index in [0.717, 1.165) is 18.2 Å². The maximum Gasteiger partial charge on any atom is 0.316 e. The van der Waals surface area contributed by atoms with Gasteiger partial charge in [-0.3, -0.25) is 23.4 Å². The Morgan fingerprint density at radius 2 is 1.29 bits per heavy atom. The molecule has 1 atom stereocenters. The van der Waals surface area contributed by atoms with Crippen LogP contribution in [0.1, 0.15) is 31.8 Å². The average molecular weight is 630 g/mol. The van der Waals surface area contributed by atoms with Gasteiger partial charge in [-0.05, 0) is 36.4 Å². The van der Waals surface area contributed by atoms with Crippen molar-refractivity contribution in [2.24, 2.45) is 0 Å². The molecule has 0 saturated heterocycles. The van der Waals surface area contributed by atoms with Gasteiger partial charge in [-0.15, -0.1) is 0 Å². The highest BCUT2D eigenvalue weighted by molar-refractivity contribution is 7.86. The van der Waals surface area contributed by atoms with Gasteiger partial charge < -0.3 is 15.2 Å². The van der Waals surface area contributed by atoms with Gasteiger partial charge >= 0.3 is 11.3 Å². The fraction of sp³-hybridized carbons (Fsp3) is 0. The van der Waals surface area contributed by atoms with E-state index in [0.29, 0.717) is 0 Å². The lowest BCUT2D eigenvalue weighted by atomic mass is 9.82. The molecule has 6 N–H and O–H groups in total. The van der Waals surface area contributed by atoms with Gasteiger partial charge in [-0.2, -0.15) is 21.0 Å². The van der Waals surface area contributed by atoms with Crippen LogP contribution >= 0.6 is 0 Å². The fourth-order valence-corrected chi connectivity index (χ4v) is 6.40. The Kier molecular flexibility index (Phi) is 7.33. The predicted octanol–water partition coefficient (Wildman–Crippen LogP) is 3.35. The summed E-state index contributed by atoms with van der Waals surface area (Å²) in [5.74, 6) is -1.26. The summed E-state index contributed by atoms with van der Waals surface area (Å²) in [4.78, 5) is 25.2. The summed E-state index contributed by atoms with van der Waals surface area (Å²) in [5.41, 5.74) is 3.75. The Hall–Kier alpha value is -4.61. The average Bonchev–Trinajstić information content (AvgIpc) is 2.92. The minimum atomic E-state index is -5.00. The third-order valence-corrected chi connectivity index (χ3v) is 8.64. The Labute approximate surface area is 241 Å². The zero-order chi connectivity index (χ0) is 30.4. The topological polar surface area (TPSA) is 219 Å². The van der Waals surface area contributed by atoms with E-state index in [4.69, 9.17) is 9.92 Å². The molecule has 0 fully saturated rings. The summed E-state index contributed by atoms with van der Waals surface area (Å²) in [5, 5.41) is 2.67. The summed E-state index contributed by atoms with van der Waals surface area (Å²) < 4.78 is 88.3. The van der Waals surface area contributed by atoms with Gasteiger partial charge in [0.15, 0.2) is 11.6 Å². The van der Waals surface area contributed by atoms with Gasteiger partial charge in [-0.1, -0.05) is 42.5 Å². The van der Waals surface area contributed by atoms with E-state index < -0.39 is 64.1 Å². The van der Waals surface area contributed by atoms with E-state index in [1.165, 1.54) is 42.5 Å². The van der Waals surface area contributed by atoms with Crippen LogP contribution in [0.25, 0.3) is 0 Å². The number of hydrogen-bond acceptors (Lipinski definition) is 10. The van der Waals surface area contributed by atoms with Crippen LogP contribution in [0.3, 0.4) is 0 Å². The number of nitrogens with two attached hydrogens (primary N) is 1. The molecule has 0 radical (unpaired) electrons. The molecule has 0 heterocycles. The number of rotatable bonds is 8. The highest BCUT2D eigenvalue weighted by Gasteiger charge is 2.36. The molecule has 4 aromatic rings. The highest BCUT2D eigenvalue weighted by atomic mass is 32.2. The second-order valence-corrected chi connectivity index (χ2v) is 12.4. The first-order chi connectivity index (χ1) is 19.8. The fourth-order valence-electron chi connectivity index (χ4n) is 4.33. The molecule has 1 aliphatic carbocycles. The Morgan fingerprint density at radius 1 is 0.714 bits per heavy atom. The smallest absolute Gasteiger partial charge is 0.316 e. The van der Waals surface area contributed by atoms with Crippen molar-refractivity contribution in [3.8, 4) is 5.75 Å². The number of fused-ring (bicyclic) bond motifs is 2. The molecule has 0 bridgehead atoms. The van der Waals surface area contributed by atoms with Crippen molar-refractivity contribution in [3.05, 3.63) is 101 Å². The molecule has 0 aromatic heterocycles. The molecule has 0 saturated carbocycles. The normalized spacial score (nSPS) is 13.6. The predicted molar refractivity (Wildman–Crippen MR) is 152 cm³/mol. The van der Waals surface area contributed by atoms with Crippen LogP contribution in [0.2, 0.25) is 0 Å². The van der Waals surface area contributed by atoms with Gasteiger partial charge in [0.05, 0.1) is 28.2 Å². The summed E-state index contributed by atoms with van der Waals surface area (Å²) in [7, 11) is -9.95. The van der Waals surface area contributed by atoms with Crippen LogP contribution in [0, 0.1) is 0 Å². The molecular weight excluding hydrogens is 610 g/mol. The van der Waals surface area contributed by atoms with Crippen LogP contribution < -0.4 is 20.0 Å². The van der Waals surface area contributed by atoms with Crippen LogP contribution in [0.15, 0.2) is 88.7 Å². The molecule has 42 heavy (non-hydrogen) atoms. The van der Waals surface area contributed by atoms with Crippen molar-refractivity contribution in [3.63, 3.8) is 0 Å². The third-order valence-electron chi connectivity index (χ3n) is 6.12. The number of nitrogen functional groups attached to an aromatic ring is 1. The lowest BCUT2D eigenvalue weighted by Crippen LogP contribution is -2.25. The number of anilines is 4. The van der Waals surface area contributed by atoms with Crippen LogP contribution in [0.5, 0.6) is 5.75 Å². The van der Waals surface area contributed by atoms with Crippen molar-refractivity contribution in [1.29, 1.82) is 0 Å². The number of benzene rings is 4. The van der Waals surface area contributed by atoms with Crippen LogP contribution in [-0.4, -0.2) is 41.7 Å². The number of nitrogens with one attached hydrogen (secondary N) is 2. The van der Waals surface area contributed by atoms with Crippen molar-refractivity contribution < 1.29 is 43.9 Å². The SMILES string of the molecule is Nc1c(S(=O)(=O)O)cc(Nc2ccc(NS(=O)Oc3ccccc3)c(S(=O)(=O)O)c2)c2c1C(=O)c1ccccc1C2=O. The monoisotopic (exact) mass is 629 g/mol. The third kappa shape index (κ3) is 5.48. The largest absolute Gasteiger partial charge is 0.397 e. The number of hydrogen-bond donors (Lipinski definition) is 5. The van der Waals surface area contributed by atoms with E-state index in [2.05, 4.69) is 10.0 Å².